The number of unbranched alkanes of at least 4 members (excludes halogenated alkanes) is 3. The Hall–Kier alpha value is -2.15. The molecule has 2 heterocycles. The number of aromatic amines is 1. The monoisotopic (exact) mass is 319 g/mol. The van der Waals surface area contributed by atoms with E-state index in [9.17, 15) is 9.59 Å². The smallest absolute Gasteiger partial charge is 0.266 e. The third-order valence-electron chi connectivity index (χ3n) is 4.02. The van der Waals surface area contributed by atoms with Crippen molar-refractivity contribution in [1.29, 1.82) is 0 Å². The van der Waals surface area contributed by atoms with Crippen molar-refractivity contribution < 1.29 is 4.79 Å². The average Bonchev–Trinajstić information content (AvgIpc) is 2.87. The zero-order valence-corrected chi connectivity index (χ0v) is 13.8. The SMILES string of the molecule is Cc1nc2cc(=O)[nH]n2c(C)c1CNC(=O)CCCCCCN. The molecule has 0 bridgehead atoms. The first kappa shape index (κ1) is 17.2. The molecule has 4 N–H and O–H groups in total. The van der Waals surface area contributed by atoms with Crippen molar-refractivity contribution in [3.05, 3.63) is 33.4 Å². The van der Waals surface area contributed by atoms with Gasteiger partial charge in [-0.1, -0.05) is 12.8 Å². The highest BCUT2D eigenvalue weighted by molar-refractivity contribution is 5.75. The molecule has 0 aliphatic heterocycles. The van der Waals surface area contributed by atoms with Crippen LogP contribution in [0.15, 0.2) is 10.9 Å². The van der Waals surface area contributed by atoms with Crippen molar-refractivity contribution in [1.82, 2.24) is 19.9 Å². The lowest BCUT2D eigenvalue weighted by Crippen LogP contribution is -2.24. The summed E-state index contributed by atoms with van der Waals surface area (Å²) in [5.74, 6) is 0.0395. The van der Waals surface area contributed by atoms with E-state index in [0.29, 0.717) is 25.2 Å². The van der Waals surface area contributed by atoms with E-state index in [1.54, 1.807) is 4.52 Å². The van der Waals surface area contributed by atoms with Crippen molar-refractivity contribution in [3.8, 4) is 0 Å². The van der Waals surface area contributed by atoms with Crippen molar-refractivity contribution in [2.45, 2.75) is 52.5 Å². The highest BCUT2D eigenvalue weighted by Crippen LogP contribution is 2.13. The first-order valence-corrected chi connectivity index (χ1v) is 8.07. The Labute approximate surface area is 135 Å². The van der Waals surface area contributed by atoms with Crippen molar-refractivity contribution in [2.24, 2.45) is 5.73 Å². The Balaban J connectivity index is 1.94. The minimum Gasteiger partial charge on any atom is -0.352 e. The molecule has 1 amide bonds. The molecular formula is C16H25N5O2. The van der Waals surface area contributed by atoms with Crippen molar-refractivity contribution >= 4 is 11.6 Å². The van der Waals surface area contributed by atoms with Crippen LogP contribution in [-0.2, 0) is 11.3 Å². The summed E-state index contributed by atoms with van der Waals surface area (Å²) in [7, 11) is 0. The lowest BCUT2D eigenvalue weighted by atomic mass is 10.1. The van der Waals surface area contributed by atoms with Crippen LogP contribution in [0.5, 0.6) is 0 Å². The van der Waals surface area contributed by atoms with Gasteiger partial charge < -0.3 is 11.1 Å². The normalized spacial score (nSPS) is 11.1. The molecule has 7 heteroatoms. The summed E-state index contributed by atoms with van der Waals surface area (Å²) in [5.41, 5.74) is 8.50. The summed E-state index contributed by atoms with van der Waals surface area (Å²) in [6, 6.07) is 1.46. The van der Waals surface area contributed by atoms with Crippen LogP contribution in [0, 0.1) is 13.8 Å². The van der Waals surface area contributed by atoms with Crippen LogP contribution in [0.4, 0.5) is 0 Å². The second kappa shape index (κ2) is 7.92. The maximum atomic E-state index is 11.9. The van der Waals surface area contributed by atoms with Crippen LogP contribution in [-0.4, -0.2) is 27.0 Å². The van der Waals surface area contributed by atoms with Crippen LogP contribution in [0.3, 0.4) is 0 Å². The van der Waals surface area contributed by atoms with E-state index >= 15 is 0 Å². The van der Waals surface area contributed by atoms with E-state index in [-0.39, 0.29) is 11.5 Å². The first-order chi connectivity index (χ1) is 11.0. The van der Waals surface area contributed by atoms with Crippen LogP contribution in [0.1, 0.15) is 49.1 Å². The molecule has 2 aromatic rings. The van der Waals surface area contributed by atoms with Crippen molar-refractivity contribution in [2.75, 3.05) is 6.54 Å². The number of nitrogens with one attached hydrogen (secondary N) is 2. The first-order valence-electron chi connectivity index (χ1n) is 8.07. The van der Waals surface area contributed by atoms with Crippen molar-refractivity contribution in [3.63, 3.8) is 0 Å². The summed E-state index contributed by atoms with van der Waals surface area (Å²) in [5, 5.41) is 5.65. The highest BCUT2D eigenvalue weighted by atomic mass is 16.1. The minimum absolute atomic E-state index is 0.0395. The summed E-state index contributed by atoms with van der Waals surface area (Å²) in [6.45, 7) is 4.93. The zero-order chi connectivity index (χ0) is 16.8. The van der Waals surface area contributed by atoms with Gasteiger partial charge in [0.25, 0.3) is 5.56 Å². The zero-order valence-electron chi connectivity index (χ0n) is 13.8. The fraction of sp³-hybridized carbons (Fsp3) is 0.562. The fourth-order valence-corrected chi connectivity index (χ4v) is 2.67. The molecule has 0 saturated heterocycles. The van der Waals surface area contributed by atoms with Crippen LogP contribution < -0.4 is 16.6 Å². The molecule has 0 saturated carbocycles. The number of aryl methyl sites for hydroxylation is 2. The molecule has 0 fully saturated rings. The van der Waals surface area contributed by atoms with Gasteiger partial charge in [-0.3, -0.25) is 14.7 Å². The number of H-pyrrole nitrogens is 1. The number of hydrogen-bond donors (Lipinski definition) is 3. The third kappa shape index (κ3) is 4.41. The Morgan fingerprint density at radius 3 is 2.78 bits per heavy atom. The number of aromatic nitrogens is 3. The number of rotatable bonds is 8. The number of amides is 1. The van der Waals surface area contributed by atoms with Crippen LogP contribution >= 0.6 is 0 Å². The average molecular weight is 319 g/mol. The molecule has 2 rings (SSSR count). The maximum absolute atomic E-state index is 11.9. The molecule has 0 radical (unpaired) electrons. The van der Waals surface area contributed by atoms with Gasteiger partial charge in [0.05, 0.1) is 0 Å². The Kier molecular flexibility index (Phi) is 5.92. The maximum Gasteiger partial charge on any atom is 0.266 e. The van der Waals surface area contributed by atoms with Gasteiger partial charge in [-0.2, -0.15) is 0 Å². The van der Waals surface area contributed by atoms with Gasteiger partial charge in [-0.05, 0) is 33.2 Å². The molecule has 0 unspecified atom stereocenters. The van der Waals surface area contributed by atoms with E-state index in [0.717, 1.165) is 42.6 Å². The molecule has 0 spiro atoms. The molecule has 23 heavy (non-hydrogen) atoms. The van der Waals surface area contributed by atoms with Crippen LogP contribution in [0.2, 0.25) is 0 Å². The summed E-state index contributed by atoms with van der Waals surface area (Å²) < 4.78 is 1.66. The summed E-state index contributed by atoms with van der Waals surface area (Å²) >= 11 is 0. The lowest BCUT2D eigenvalue weighted by molar-refractivity contribution is -0.121. The molecule has 7 nitrogen and oxygen atoms in total. The minimum atomic E-state index is -0.182. The third-order valence-corrected chi connectivity index (χ3v) is 4.02. The second-order valence-corrected chi connectivity index (χ2v) is 5.80. The standard InChI is InChI=1S/C16H25N5O2/c1-11-13(10-18-15(22)7-5-3-4-6-8-17)12(2)21-14(19-11)9-16(23)20-21/h9H,3-8,10,17H2,1-2H3,(H,18,22)(H,20,23). The van der Waals surface area contributed by atoms with E-state index < -0.39 is 0 Å². The predicted molar refractivity (Wildman–Crippen MR) is 89.3 cm³/mol. The number of hydrogen-bond acceptors (Lipinski definition) is 4. The Morgan fingerprint density at radius 2 is 2.04 bits per heavy atom. The predicted octanol–water partition coefficient (Wildman–Crippen LogP) is 1.16. The fourth-order valence-electron chi connectivity index (χ4n) is 2.67. The number of carbonyl (C=O) groups is 1. The second-order valence-electron chi connectivity index (χ2n) is 5.80. The largest absolute Gasteiger partial charge is 0.352 e. The number of fused-ring (bicyclic) bond motifs is 1. The summed E-state index contributed by atoms with van der Waals surface area (Å²) in [6.07, 6.45) is 4.52. The lowest BCUT2D eigenvalue weighted by Gasteiger charge is -2.12. The molecule has 0 atom stereocenters. The summed E-state index contributed by atoms with van der Waals surface area (Å²) in [4.78, 5) is 27.7. The molecule has 126 valence electrons. The van der Waals surface area contributed by atoms with Gasteiger partial charge in [0.2, 0.25) is 5.91 Å². The number of nitrogens with two attached hydrogens (primary N) is 1. The quantitative estimate of drug-likeness (QED) is 0.635. The Bertz CT molecular complexity index is 732. The van der Waals surface area contributed by atoms with Gasteiger partial charge in [-0.25, -0.2) is 9.50 Å². The van der Waals surface area contributed by atoms with Gasteiger partial charge >= 0.3 is 0 Å². The van der Waals surface area contributed by atoms with Crippen LogP contribution in [0.25, 0.3) is 5.65 Å². The number of nitrogens with zero attached hydrogens (tertiary/aromatic N) is 2. The van der Waals surface area contributed by atoms with Gasteiger partial charge in [0, 0.05) is 36.0 Å². The topological polar surface area (TPSA) is 105 Å². The van der Waals surface area contributed by atoms with E-state index in [1.165, 1.54) is 6.07 Å². The van der Waals surface area contributed by atoms with Gasteiger partial charge in [0.15, 0.2) is 5.65 Å². The van der Waals surface area contributed by atoms with E-state index in [4.69, 9.17) is 5.73 Å². The molecular weight excluding hydrogens is 294 g/mol. The van der Waals surface area contributed by atoms with E-state index in [1.807, 2.05) is 13.8 Å². The molecule has 0 aliphatic carbocycles. The highest BCUT2D eigenvalue weighted by Gasteiger charge is 2.11. The Morgan fingerprint density at radius 1 is 1.30 bits per heavy atom. The van der Waals surface area contributed by atoms with Gasteiger partial charge in [0.1, 0.15) is 0 Å². The van der Waals surface area contributed by atoms with Gasteiger partial charge in [-0.15, -0.1) is 0 Å². The molecule has 0 aromatic carbocycles. The molecule has 0 aliphatic rings. The number of carbonyl (C=O) groups excluding carboxylic acids is 1. The molecule has 2 aromatic heterocycles. The van der Waals surface area contributed by atoms with E-state index in [2.05, 4.69) is 15.4 Å².